The predicted molar refractivity (Wildman–Crippen MR) is 136 cm³/mol. The molecule has 0 rings (SSSR count). The van der Waals surface area contributed by atoms with Crippen molar-refractivity contribution in [1.29, 1.82) is 0 Å². The molecule has 2 N–H and O–H groups in total. The minimum absolute atomic E-state index is 0.268. The minimum Gasteiger partial charge on any atom is -0.480 e. The lowest BCUT2D eigenvalue weighted by atomic mass is 9.92. The van der Waals surface area contributed by atoms with Crippen LogP contribution in [0.3, 0.4) is 0 Å². The molecule has 4 unspecified atom stereocenters. The third-order valence-corrected chi connectivity index (χ3v) is 8.82. The second-order valence-electron chi connectivity index (χ2n) is 6.76. The summed E-state index contributed by atoms with van der Waals surface area (Å²) in [6.45, 7) is 7.73. The second kappa shape index (κ2) is 17.3. The van der Waals surface area contributed by atoms with Crippen LogP contribution < -0.4 is 0 Å². The van der Waals surface area contributed by atoms with Gasteiger partial charge in [-0.3, -0.25) is 19.2 Å². The van der Waals surface area contributed by atoms with E-state index in [9.17, 15) is 19.2 Å². The van der Waals surface area contributed by atoms with Gasteiger partial charge in [0.2, 0.25) is 0 Å². The number of hydrogen-bond donors (Lipinski definition) is 2. The van der Waals surface area contributed by atoms with Gasteiger partial charge in [-0.05, 0) is 52.4 Å². The molecule has 0 aliphatic heterocycles. The standard InChI is InChI=1S/2C10H16Br2O4/c1-3-9(11,7(13)14)5-6-10(12,4-2)8(15)16;1-3-15-9(13)7(11)5-6-8(12)10(14)16-4-2/h3-6H2,1-2H3,(H,13,14)(H,15,16);7-8H,3-6H2,1-2H3. The van der Waals surface area contributed by atoms with Crippen LogP contribution in [-0.4, -0.2) is 65.6 Å². The van der Waals surface area contributed by atoms with E-state index >= 15 is 0 Å². The fraction of sp³-hybridized carbons (Fsp3) is 0.800. The minimum atomic E-state index is -1.03. The molecule has 8 nitrogen and oxygen atoms in total. The molecule has 4 atom stereocenters. The smallest absolute Gasteiger partial charge is 0.320 e. The van der Waals surface area contributed by atoms with Crippen molar-refractivity contribution in [2.24, 2.45) is 0 Å². The van der Waals surface area contributed by atoms with Crippen LogP contribution >= 0.6 is 63.7 Å². The van der Waals surface area contributed by atoms with Crippen LogP contribution in [-0.2, 0) is 28.7 Å². The fourth-order valence-corrected chi connectivity index (χ4v) is 3.45. The number of hydrogen-bond acceptors (Lipinski definition) is 6. The van der Waals surface area contributed by atoms with E-state index in [1.165, 1.54) is 0 Å². The van der Waals surface area contributed by atoms with Gasteiger partial charge in [0.15, 0.2) is 0 Å². The van der Waals surface area contributed by atoms with E-state index in [1.54, 1.807) is 27.7 Å². The summed E-state index contributed by atoms with van der Waals surface area (Å²) in [5, 5.41) is 18.1. The SMILES string of the molecule is CCC(Br)(CCC(Br)(CC)C(=O)O)C(=O)O.CCOC(=O)C(Br)CCC(Br)C(=O)OCC. The lowest BCUT2D eigenvalue weighted by molar-refractivity contribution is -0.144. The molecule has 0 saturated heterocycles. The molecule has 0 aliphatic rings. The molecule has 12 heteroatoms. The fourth-order valence-electron chi connectivity index (χ4n) is 2.26. The number of esters is 2. The van der Waals surface area contributed by atoms with Crippen LogP contribution in [0.5, 0.6) is 0 Å². The van der Waals surface area contributed by atoms with Gasteiger partial charge < -0.3 is 19.7 Å². The summed E-state index contributed by atoms with van der Waals surface area (Å²) in [6, 6.07) is 0. The second-order valence-corrected chi connectivity index (χ2v) is 12.0. The van der Waals surface area contributed by atoms with Gasteiger partial charge in [-0.2, -0.15) is 0 Å². The highest BCUT2D eigenvalue weighted by Gasteiger charge is 2.40. The van der Waals surface area contributed by atoms with Gasteiger partial charge in [0.1, 0.15) is 18.3 Å². The molecule has 0 bridgehead atoms. The van der Waals surface area contributed by atoms with Crippen molar-refractivity contribution >= 4 is 87.6 Å². The first-order chi connectivity index (χ1) is 14.7. The first-order valence-corrected chi connectivity index (χ1v) is 13.6. The summed E-state index contributed by atoms with van der Waals surface area (Å²) in [5.41, 5.74) is 0. The van der Waals surface area contributed by atoms with Crippen molar-refractivity contribution in [3.8, 4) is 0 Å². The molecule has 0 heterocycles. The summed E-state index contributed by atoms with van der Waals surface area (Å²) in [5.74, 6) is -2.50. The van der Waals surface area contributed by atoms with Gasteiger partial charge in [-0.25, -0.2) is 0 Å². The summed E-state index contributed by atoms with van der Waals surface area (Å²) in [6.07, 6.45) is 2.40. The Morgan fingerprint density at radius 2 is 1.00 bits per heavy atom. The predicted octanol–water partition coefficient (Wildman–Crippen LogP) is 5.44. The van der Waals surface area contributed by atoms with Gasteiger partial charge in [-0.1, -0.05) is 77.6 Å². The summed E-state index contributed by atoms with van der Waals surface area (Å²) >= 11 is 12.8. The lowest BCUT2D eigenvalue weighted by Gasteiger charge is -2.26. The first-order valence-electron chi connectivity index (χ1n) is 10.2. The molecule has 0 aromatic carbocycles. The molecular formula is C20H32Br4O8. The molecular weight excluding hydrogens is 688 g/mol. The van der Waals surface area contributed by atoms with E-state index in [0.29, 0.717) is 38.9 Å². The van der Waals surface area contributed by atoms with E-state index in [1.807, 2.05) is 0 Å². The third kappa shape index (κ3) is 12.9. The molecule has 0 spiro atoms. The third-order valence-electron chi connectivity index (χ3n) is 4.56. The maximum atomic E-state index is 11.3. The van der Waals surface area contributed by atoms with E-state index < -0.39 is 20.6 Å². The Bertz CT molecular complexity index is 566. The van der Waals surface area contributed by atoms with Crippen molar-refractivity contribution < 1.29 is 38.9 Å². The van der Waals surface area contributed by atoms with Crippen molar-refractivity contribution in [2.45, 2.75) is 84.5 Å². The average molecular weight is 720 g/mol. The summed E-state index contributed by atoms with van der Waals surface area (Å²) in [7, 11) is 0. The van der Waals surface area contributed by atoms with Gasteiger partial charge in [0, 0.05) is 0 Å². The molecule has 32 heavy (non-hydrogen) atoms. The molecule has 0 radical (unpaired) electrons. The monoisotopic (exact) mass is 716 g/mol. The first kappa shape index (κ1) is 34.0. The van der Waals surface area contributed by atoms with Crippen LogP contribution in [0.15, 0.2) is 0 Å². The number of aliphatic carboxylic acids is 2. The zero-order valence-electron chi connectivity index (χ0n) is 18.7. The number of alkyl halides is 4. The van der Waals surface area contributed by atoms with Crippen LogP contribution in [0.4, 0.5) is 0 Å². The molecule has 0 aromatic rings. The Hall–Kier alpha value is -0.200. The molecule has 0 aromatic heterocycles. The largest absolute Gasteiger partial charge is 0.480 e. The van der Waals surface area contributed by atoms with Gasteiger partial charge >= 0.3 is 23.9 Å². The van der Waals surface area contributed by atoms with E-state index in [2.05, 4.69) is 63.7 Å². The normalized spacial score (nSPS) is 16.2. The molecule has 0 aliphatic carbocycles. The zero-order valence-corrected chi connectivity index (χ0v) is 25.0. The number of rotatable bonds is 14. The lowest BCUT2D eigenvalue weighted by Crippen LogP contribution is -2.37. The van der Waals surface area contributed by atoms with Crippen LogP contribution in [0.2, 0.25) is 0 Å². The van der Waals surface area contributed by atoms with E-state index in [4.69, 9.17) is 19.7 Å². The van der Waals surface area contributed by atoms with Crippen LogP contribution in [0.25, 0.3) is 0 Å². The highest BCUT2D eigenvalue weighted by Crippen LogP contribution is 2.36. The Morgan fingerprint density at radius 3 is 1.19 bits per heavy atom. The van der Waals surface area contributed by atoms with Crippen molar-refractivity contribution in [1.82, 2.24) is 0 Å². The number of carboxylic acid groups (broad SMARTS) is 2. The zero-order chi connectivity index (χ0) is 25.5. The van der Waals surface area contributed by atoms with Gasteiger partial charge in [0.25, 0.3) is 0 Å². The molecule has 0 fully saturated rings. The number of carboxylic acids is 2. The van der Waals surface area contributed by atoms with Crippen molar-refractivity contribution in [3.63, 3.8) is 0 Å². The number of ether oxygens (including phenoxy) is 2. The molecule has 0 amide bonds. The molecule has 188 valence electrons. The highest BCUT2D eigenvalue weighted by atomic mass is 79.9. The van der Waals surface area contributed by atoms with Gasteiger partial charge in [0.05, 0.1) is 13.2 Å². The maximum absolute atomic E-state index is 11.3. The van der Waals surface area contributed by atoms with Crippen molar-refractivity contribution in [3.05, 3.63) is 0 Å². The number of carbonyl (C=O) groups excluding carboxylic acids is 2. The highest BCUT2D eigenvalue weighted by molar-refractivity contribution is 9.10. The topological polar surface area (TPSA) is 127 Å². The quantitative estimate of drug-likeness (QED) is 0.180. The maximum Gasteiger partial charge on any atom is 0.320 e. The van der Waals surface area contributed by atoms with Crippen LogP contribution in [0.1, 0.15) is 66.2 Å². The number of halogens is 4. The molecule has 0 saturated carbocycles. The Labute approximate surface area is 223 Å². The van der Waals surface area contributed by atoms with E-state index in [0.717, 1.165) is 0 Å². The summed E-state index contributed by atoms with van der Waals surface area (Å²) in [4.78, 5) is 43.8. The number of carbonyl (C=O) groups is 4. The Morgan fingerprint density at radius 1 is 0.719 bits per heavy atom. The van der Waals surface area contributed by atoms with Crippen LogP contribution in [0, 0.1) is 0 Å². The van der Waals surface area contributed by atoms with Crippen molar-refractivity contribution in [2.75, 3.05) is 13.2 Å². The average Bonchev–Trinajstić information content (AvgIpc) is 2.75. The Kier molecular flexibility index (Phi) is 18.3. The summed E-state index contributed by atoms with van der Waals surface area (Å²) < 4.78 is 7.59. The van der Waals surface area contributed by atoms with Gasteiger partial charge in [-0.15, -0.1) is 0 Å². The Balaban J connectivity index is 0. The van der Waals surface area contributed by atoms with E-state index in [-0.39, 0.29) is 34.4 Å².